The second-order valence-corrected chi connectivity index (χ2v) is 4.76. The molecule has 0 radical (unpaired) electrons. The molecule has 2 rings (SSSR count). The molecule has 0 spiro atoms. The highest BCUT2D eigenvalue weighted by molar-refractivity contribution is 7.17. The van der Waals surface area contributed by atoms with Gasteiger partial charge in [0.15, 0.2) is 0 Å². The molecule has 1 aromatic heterocycles. The molecule has 0 aliphatic heterocycles. The summed E-state index contributed by atoms with van der Waals surface area (Å²) in [6.45, 7) is 2.69. The molecule has 0 fully saturated rings. The van der Waals surface area contributed by atoms with Crippen molar-refractivity contribution in [3.63, 3.8) is 0 Å². The summed E-state index contributed by atoms with van der Waals surface area (Å²) < 4.78 is 0. The number of hydrogen-bond acceptors (Lipinski definition) is 5. The van der Waals surface area contributed by atoms with Crippen molar-refractivity contribution >= 4 is 39.7 Å². The first-order chi connectivity index (χ1) is 8.70. The molecule has 5 nitrogen and oxygen atoms in total. The number of anilines is 2. The van der Waals surface area contributed by atoms with Crippen LogP contribution in [-0.2, 0) is 0 Å². The van der Waals surface area contributed by atoms with Crippen molar-refractivity contribution in [3.05, 3.63) is 34.3 Å². The average molecular weight is 283 g/mol. The molecule has 7 heteroatoms. The largest absolute Gasteiger partial charge is 0.360 e. The number of nitrogens with one attached hydrogen (secondary N) is 2. The van der Waals surface area contributed by atoms with Gasteiger partial charge in [0.2, 0.25) is 10.1 Å². The van der Waals surface area contributed by atoms with Gasteiger partial charge in [0.05, 0.1) is 10.7 Å². The predicted octanol–water partition coefficient (Wildman–Crippen LogP) is 2.88. The minimum Gasteiger partial charge on any atom is -0.360 e. The first kappa shape index (κ1) is 12.8. The fourth-order valence-electron chi connectivity index (χ4n) is 1.28. The predicted molar refractivity (Wildman–Crippen MR) is 73.5 cm³/mol. The first-order valence-electron chi connectivity index (χ1n) is 5.34. The molecule has 0 saturated carbocycles. The van der Waals surface area contributed by atoms with Crippen molar-refractivity contribution in [2.24, 2.45) is 0 Å². The van der Waals surface area contributed by atoms with Crippen molar-refractivity contribution in [1.29, 1.82) is 0 Å². The van der Waals surface area contributed by atoms with E-state index < -0.39 is 0 Å². The molecule has 0 aliphatic carbocycles. The third kappa shape index (κ3) is 2.96. The van der Waals surface area contributed by atoms with Crippen LogP contribution in [0.3, 0.4) is 0 Å². The van der Waals surface area contributed by atoms with E-state index in [9.17, 15) is 4.79 Å². The number of amides is 1. The average Bonchev–Trinajstić information content (AvgIpc) is 2.81. The van der Waals surface area contributed by atoms with Gasteiger partial charge in [-0.3, -0.25) is 4.79 Å². The third-order valence-electron chi connectivity index (χ3n) is 2.07. The summed E-state index contributed by atoms with van der Waals surface area (Å²) in [7, 11) is 0. The Labute approximate surface area is 113 Å². The van der Waals surface area contributed by atoms with Crippen molar-refractivity contribution < 1.29 is 4.79 Å². The molecule has 0 atom stereocenters. The molecule has 18 heavy (non-hydrogen) atoms. The zero-order chi connectivity index (χ0) is 13.0. The Morgan fingerprint density at radius 2 is 2.17 bits per heavy atom. The van der Waals surface area contributed by atoms with Gasteiger partial charge >= 0.3 is 0 Å². The van der Waals surface area contributed by atoms with Gasteiger partial charge in [0.1, 0.15) is 0 Å². The Balaban J connectivity index is 2.10. The highest BCUT2D eigenvalue weighted by Crippen LogP contribution is 2.22. The normalized spacial score (nSPS) is 10.1. The van der Waals surface area contributed by atoms with Gasteiger partial charge in [-0.2, -0.15) is 0 Å². The SMILES string of the molecule is CCNc1nnc(C(=O)Nc2ccccc2Cl)s1. The van der Waals surface area contributed by atoms with Gasteiger partial charge in [0, 0.05) is 6.54 Å². The lowest BCUT2D eigenvalue weighted by molar-refractivity contribution is 0.102. The summed E-state index contributed by atoms with van der Waals surface area (Å²) >= 11 is 7.15. The van der Waals surface area contributed by atoms with E-state index in [0.29, 0.717) is 20.8 Å². The Morgan fingerprint density at radius 3 is 2.89 bits per heavy atom. The lowest BCUT2D eigenvalue weighted by Gasteiger charge is -2.03. The summed E-state index contributed by atoms with van der Waals surface area (Å²) in [6.07, 6.45) is 0. The minimum atomic E-state index is -0.315. The molecule has 2 N–H and O–H groups in total. The van der Waals surface area contributed by atoms with Crippen LogP contribution in [0.5, 0.6) is 0 Å². The fourth-order valence-corrected chi connectivity index (χ4v) is 2.17. The van der Waals surface area contributed by atoms with Crippen LogP contribution in [0, 0.1) is 0 Å². The van der Waals surface area contributed by atoms with Crippen LogP contribution in [0.2, 0.25) is 5.02 Å². The number of rotatable bonds is 4. The van der Waals surface area contributed by atoms with E-state index >= 15 is 0 Å². The van der Waals surface area contributed by atoms with Gasteiger partial charge in [0.25, 0.3) is 5.91 Å². The lowest BCUT2D eigenvalue weighted by Crippen LogP contribution is -2.11. The van der Waals surface area contributed by atoms with Crippen molar-refractivity contribution in [3.8, 4) is 0 Å². The Bertz CT molecular complexity index is 557. The smallest absolute Gasteiger partial charge is 0.286 e. The number of carbonyl (C=O) groups is 1. The van der Waals surface area contributed by atoms with Crippen LogP contribution >= 0.6 is 22.9 Å². The summed E-state index contributed by atoms with van der Waals surface area (Å²) in [4.78, 5) is 11.9. The molecule has 1 aromatic carbocycles. The number of hydrogen-bond donors (Lipinski definition) is 2. The zero-order valence-electron chi connectivity index (χ0n) is 9.61. The van der Waals surface area contributed by atoms with Gasteiger partial charge in [-0.15, -0.1) is 10.2 Å². The Kier molecular flexibility index (Phi) is 4.11. The molecule has 94 valence electrons. The quantitative estimate of drug-likeness (QED) is 0.905. The van der Waals surface area contributed by atoms with Gasteiger partial charge < -0.3 is 10.6 Å². The van der Waals surface area contributed by atoms with Crippen molar-refractivity contribution in [2.75, 3.05) is 17.2 Å². The number of halogens is 1. The van der Waals surface area contributed by atoms with Crippen LogP contribution in [-0.4, -0.2) is 22.6 Å². The van der Waals surface area contributed by atoms with E-state index in [-0.39, 0.29) is 5.91 Å². The maximum atomic E-state index is 11.9. The molecule has 0 aliphatic rings. The number of carbonyl (C=O) groups excluding carboxylic acids is 1. The second kappa shape index (κ2) is 5.79. The molecule has 0 bridgehead atoms. The van der Waals surface area contributed by atoms with E-state index in [4.69, 9.17) is 11.6 Å². The van der Waals surface area contributed by atoms with Crippen LogP contribution in [0.4, 0.5) is 10.8 Å². The topological polar surface area (TPSA) is 66.9 Å². The summed E-state index contributed by atoms with van der Waals surface area (Å²) in [5.41, 5.74) is 0.560. The molecule has 0 saturated heterocycles. The van der Waals surface area contributed by atoms with E-state index in [2.05, 4.69) is 20.8 Å². The van der Waals surface area contributed by atoms with E-state index in [1.165, 1.54) is 11.3 Å². The first-order valence-corrected chi connectivity index (χ1v) is 6.53. The number of aromatic nitrogens is 2. The number of para-hydroxylation sites is 1. The highest BCUT2D eigenvalue weighted by atomic mass is 35.5. The lowest BCUT2D eigenvalue weighted by atomic mass is 10.3. The van der Waals surface area contributed by atoms with Gasteiger partial charge in [-0.25, -0.2) is 0 Å². The maximum absolute atomic E-state index is 11.9. The highest BCUT2D eigenvalue weighted by Gasteiger charge is 2.13. The van der Waals surface area contributed by atoms with Crippen molar-refractivity contribution in [1.82, 2.24) is 10.2 Å². The third-order valence-corrected chi connectivity index (χ3v) is 3.28. The molecule has 0 unspecified atom stereocenters. The van der Waals surface area contributed by atoms with Crippen LogP contribution in [0.1, 0.15) is 16.7 Å². The van der Waals surface area contributed by atoms with Gasteiger partial charge in [-0.1, -0.05) is 35.1 Å². The molecule has 2 aromatic rings. The van der Waals surface area contributed by atoms with Crippen molar-refractivity contribution in [2.45, 2.75) is 6.92 Å². The molecule has 1 amide bonds. The summed E-state index contributed by atoms with van der Waals surface area (Å²) in [6, 6.07) is 7.03. The minimum absolute atomic E-state index is 0.297. The Hall–Kier alpha value is -1.66. The Morgan fingerprint density at radius 1 is 1.39 bits per heavy atom. The fraction of sp³-hybridized carbons (Fsp3) is 0.182. The van der Waals surface area contributed by atoms with Gasteiger partial charge in [-0.05, 0) is 19.1 Å². The summed E-state index contributed by atoms with van der Waals surface area (Å²) in [5.74, 6) is -0.315. The van der Waals surface area contributed by atoms with Crippen LogP contribution < -0.4 is 10.6 Å². The van der Waals surface area contributed by atoms with Crippen LogP contribution in [0.25, 0.3) is 0 Å². The molecule has 1 heterocycles. The molecular formula is C11H11ClN4OS. The molecular weight excluding hydrogens is 272 g/mol. The van der Waals surface area contributed by atoms with E-state index in [1.807, 2.05) is 6.92 Å². The second-order valence-electron chi connectivity index (χ2n) is 3.38. The summed E-state index contributed by atoms with van der Waals surface area (Å²) in [5, 5.41) is 14.8. The number of nitrogens with zero attached hydrogens (tertiary/aromatic N) is 2. The van der Waals surface area contributed by atoms with E-state index in [1.54, 1.807) is 24.3 Å². The monoisotopic (exact) mass is 282 g/mol. The maximum Gasteiger partial charge on any atom is 0.286 e. The van der Waals surface area contributed by atoms with E-state index in [0.717, 1.165) is 6.54 Å². The zero-order valence-corrected chi connectivity index (χ0v) is 11.2. The standard InChI is InChI=1S/C11H11ClN4OS/c1-2-13-11-16-15-10(18-11)9(17)14-8-6-4-3-5-7(8)12/h3-6H,2H2,1H3,(H,13,16)(H,14,17). The van der Waals surface area contributed by atoms with Crippen LogP contribution in [0.15, 0.2) is 24.3 Å². The number of benzene rings is 1.